The summed E-state index contributed by atoms with van der Waals surface area (Å²) >= 11 is 0. The van der Waals surface area contributed by atoms with Gasteiger partial charge in [-0.05, 0) is 54.4 Å². The quantitative estimate of drug-likeness (QED) is 0.485. The Morgan fingerprint density at radius 1 is 1.03 bits per heavy atom. The Labute approximate surface area is 206 Å². The van der Waals surface area contributed by atoms with Gasteiger partial charge in [-0.1, -0.05) is 68.3 Å². The third-order valence-corrected chi connectivity index (χ3v) is 7.47. The lowest BCUT2D eigenvalue weighted by molar-refractivity contribution is -0.143. The molecule has 0 heterocycles. The van der Waals surface area contributed by atoms with E-state index < -0.39 is 23.5 Å². The molecule has 3 N–H and O–H groups in total. The monoisotopic (exact) mass is 478 g/mol. The molecule has 186 valence electrons. The predicted molar refractivity (Wildman–Crippen MR) is 133 cm³/mol. The number of carbonyl (C=O) groups is 3. The van der Waals surface area contributed by atoms with Crippen LogP contribution in [0, 0.1) is 11.8 Å². The number of carboxylic acids is 1. The number of nitrogens with one attached hydrogen (secondary N) is 2. The fraction of sp³-hybridized carbons (Fsp3) is 0.464. The zero-order valence-electron chi connectivity index (χ0n) is 20.4. The molecule has 7 heteroatoms. The molecule has 35 heavy (non-hydrogen) atoms. The van der Waals surface area contributed by atoms with E-state index in [9.17, 15) is 19.5 Å². The molecule has 0 radical (unpaired) electrons. The van der Waals surface area contributed by atoms with Gasteiger partial charge < -0.3 is 20.5 Å². The number of hydrogen-bond acceptors (Lipinski definition) is 4. The van der Waals surface area contributed by atoms with Crippen LogP contribution in [-0.4, -0.2) is 41.8 Å². The van der Waals surface area contributed by atoms with E-state index in [-0.39, 0.29) is 24.3 Å². The molecular formula is C28H34N2O5. The van der Waals surface area contributed by atoms with Crippen LogP contribution in [0.2, 0.25) is 0 Å². The molecule has 0 bridgehead atoms. The summed E-state index contributed by atoms with van der Waals surface area (Å²) in [7, 11) is 0. The van der Waals surface area contributed by atoms with Gasteiger partial charge in [0.2, 0.25) is 5.91 Å². The average molecular weight is 479 g/mol. The highest BCUT2D eigenvalue weighted by molar-refractivity contribution is 5.89. The van der Waals surface area contributed by atoms with Crippen molar-refractivity contribution in [2.75, 3.05) is 13.2 Å². The summed E-state index contributed by atoms with van der Waals surface area (Å²) < 4.78 is 5.65. The predicted octanol–water partition coefficient (Wildman–Crippen LogP) is 4.70. The molecular weight excluding hydrogens is 444 g/mol. The van der Waals surface area contributed by atoms with E-state index in [2.05, 4.69) is 34.9 Å². The molecule has 0 aliphatic heterocycles. The SMILES string of the molecule is CCCC(C)(NC(=O)OCC1c2ccccc2-c2ccccc21)C(=O)NCC1CCCC1C(=O)O. The second-order valence-electron chi connectivity index (χ2n) is 9.88. The highest BCUT2D eigenvalue weighted by atomic mass is 16.5. The van der Waals surface area contributed by atoms with Crippen LogP contribution in [0.15, 0.2) is 48.5 Å². The first-order valence-electron chi connectivity index (χ1n) is 12.5. The van der Waals surface area contributed by atoms with Gasteiger partial charge in [-0.2, -0.15) is 0 Å². The van der Waals surface area contributed by atoms with Gasteiger partial charge in [-0.3, -0.25) is 9.59 Å². The number of hydrogen-bond donors (Lipinski definition) is 3. The van der Waals surface area contributed by atoms with E-state index in [1.807, 2.05) is 31.2 Å². The number of benzene rings is 2. The fourth-order valence-electron chi connectivity index (χ4n) is 5.62. The second-order valence-corrected chi connectivity index (χ2v) is 9.88. The Morgan fingerprint density at radius 2 is 1.66 bits per heavy atom. The minimum absolute atomic E-state index is 0.0604. The van der Waals surface area contributed by atoms with Crippen LogP contribution in [-0.2, 0) is 14.3 Å². The van der Waals surface area contributed by atoms with Gasteiger partial charge in [-0.15, -0.1) is 0 Å². The van der Waals surface area contributed by atoms with Crippen LogP contribution in [0.5, 0.6) is 0 Å². The minimum Gasteiger partial charge on any atom is -0.481 e. The number of rotatable bonds is 9. The van der Waals surface area contributed by atoms with E-state index in [1.54, 1.807) is 6.92 Å². The summed E-state index contributed by atoms with van der Waals surface area (Å²) in [6.07, 6.45) is 2.76. The van der Waals surface area contributed by atoms with Crippen molar-refractivity contribution in [3.8, 4) is 11.1 Å². The third-order valence-electron chi connectivity index (χ3n) is 7.47. The fourth-order valence-corrected chi connectivity index (χ4v) is 5.62. The zero-order valence-corrected chi connectivity index (χ0v) is 20.4. The van der Waals surface area contributed by atoms with Crippen molar-refractivity contribution in [1.82, 2.24) is 10.6 Å². The number of carbonyl (C=O) groups excluding carboxylic acids is 2. The Morgan fingerprint density at radius 3 is 2.26 bits per heavy atom. The maximum atomic E-state index is 13.1. The molecule has 3 unspecified atom stereocenters. The first-order valence-corrected chi connectivity index (χ1v) is 12.5. The Balaban J connectivity index is 1.38. The highest BCUT2D eigenvalue weighted by Gasteiger charge is 2.38. The largest absolute Gasteiger partial charge is 0.481 e. The molecule has 0 spiro atoms. The topological polar surface area (TPSA) is 105 Å². The van der Waals surface area contributed by atoms with Gasteiger partial charge in [0.1, 0.15) is 12.1 Å². The van der Waals surface area contributed by atoms with Crippen molar-refractivity contribution in [1.29, 1.82) is 0 Å². The summed E-state index contributed by atoms with van der Waals surface area (Å²) in [5.41, 5.74) is 3.41. The summed E-state index contributed by atoms with van der Waals surface area (Å²) in [6.45, 7) is 4.10. The van der Waals surface area contributed by atoms with Crippen LogP contribution in [0.25, 0.3) is 11.1 Å². The lowest BCUT2D eigenvalue weighted by Gasteiger charge is -2.30. The number of ether oxygens (including phenoxy) is 1. The van der Waals surface area contributed by atoms with Gasteiger partial charge in [0.15, 0.2) is 0 Å². The summed E-state index contributed by atoms with van der Waals surface area (Å²) in [5, 5.41) is 15.1. The first-order chi connectivity index (χ1) is 16.8. The van der Waals surface area contributed by atoms with Crippen LogP contribution < -0.4 is 10.6 Å². The van der Waals surface area contributed by atoms with E-state index in [0.717, 1.165) is 35.1 Å². The van der Waals surface area contributed by atoms with Gasteiger partial charge >= 0.3 is 12.1 Å². The normalized spacial score (nSPS) is 20.4. The average Bonchev–Trinajstić information content (AvgIpc) is 3.44. The smallest absolute Gasteiger partial charge is 0.408 e. The Hall–Kier alpha value is -3.35. The molecule has 4 rings (SSSR count). The molecule has 2 aromatic carbocycles. The Kier molecular flexibility index (Phi) is 7.43. The minimum atomic E-state index is -1.14. The summed E-state index contributed by atoms with van der Waals surface area (Å²) in [5.74, 6) is -1.70. The molecule has 1 saturated carbocycles. The molecule has 1 fully saturated rings. The standard InChI is InChI=1S/C28H34N2O5/c1-3-15-28(2,26(33)29-16-18-9-8-14-19(18)25(31)32)30-27(34)35-17-24-22-12-6-4-10-20(22)21-11-5-7-13-23(21)24/h4-7,10-13,18-19,24H,3,8-9,14-17H2,1-2H3,(H,29,33)(H,30,34)(H,31,32). The van der Waals surface area contributed by atoms with Gasteiger partial charge in [-0.25, -0.2) is 4.79 Å². The molecule has 2 aromatic rings. The van der Waals surface area contributed by atoms with Crippen molar-refractivity contribution in [2.24, 2.45) is 11.8 Å². The molecule has 0 aromatic heterocycles. The number of fused-ring (bicyclic) bond motifs is 3. The van der Waals surface area contributed by atoms with Crippen LogP contribution in [0.1, 0.15) is 63.0 Å². The molecule has 2 aliphatic carbocycles. The molecule has 7 nitrogen and oxygen atoms in total. The van der Waals surface area contributed by atoms with Crippen molar-refractivity contribution < 1.29 is 24.2 Å². The van der Waals surface area contributed by atoms with Crippen LogP contribution in [0.3, 0.4) is 0 Å². The number of alkyl carbamates (subject to hydrolysis) is 1. The molecule has 0 saturated heterocycles. The van der Waals surface area contributed by atoms with Gasteiger partial charge in [0.25, 0.3) is 0 Å². The van der Waals surface area contributed by atoms with Crippen molar-refractivity contribution >= 4 is 18.0 Å². The maximum Gasteiger partial charge on any atom is 0.408 e. The van der Waals surface area contributed by atoms with Crippen LogP contribution in [0.4, 0.5) is 4.79 Å². The van der Waals surface area contributed by atoms with Crippen molar-refractivity contribution in [3.05, 3.63) is 59.7 Å². The van der Waals surface area contributed by atoms with Crippen molar-refractivity contribution in [2.45, 2.75) is 57.4 Å². The highest BCUT2D eigenvalue weighted by Crippen LogP contribution is 2.44. The molecule has 2 aliphatic rings. The molecule has 3 atom stereocenters. The lowest BCUT2D eigenvalue weighted by Crippen LogP contribution is -2.57. The van der Waals surface area contributed by atoms with E-state index >= 15 is 0 Å². The van der Waals surface area contributed by atoms with E-state index in [0.29, 0.717) is 25.8 Å². The number of aliphatic carboxylic acids is 1. The van der Waals surface area contributed by atoms with Crippen LogP contribution >= 0.6 is 0 Å². The van der Waals surface area contributed by atoms with Gasteiger partial charge in [0, 0.05) is 12.5 Å². The van der Waals surface area contributed by atoms with Crippen molar-refractivity contribution in [3.63, 3.8) is 0 Å². The first kappa shape index (κ1) is 24.8. The molecule has 2 amide bonds. The van der Waals surface area contributed by atoms with Gasteiger partial charge in [0.05, 0.1) is 5.92 Å². The summed E-state index contributed by atoms with van der Waals surface area (Å²) in [6, 6.07) is 16.3. The Bertz CT molecular complexity index is 1050. The van der Waals surface area contributed by atoms with E-state index in [4.69, 9.17) is 4.74 Å². The summed E-state index contributed by atoms with van der Waals surface area (Å²) in [4.78, 5) is 37.4. The maximum absolute atomic E-state index is 13.1. The zero-order chi connectivity index (χ0) is 25.0. The third kappa shape index (κ3) is 5.19. The number of carboxylic acid groups (broad SMARTS) is 1. The lowest BCUT2D eigenvalue weighted by atomic mass is 9.93. The number of amides is 2. The van der Waals surface area contributed by atoms with E-state index in [1.165, 1.54) is 0 Å². The second kappa shape index (κ2) is 10.5.